The van der Waals surface area contributed by atoms with Crippen LogP contribution in [-0.4, -0.2) is 147 Å². The highest BCUT2D eigenvalue weighted by Crippen LogP contribution is 2.43. The lowest BCUT2D eigenvalue weighted by Crippen LogP contribution is -2.67. The summed E-state index contributed by atoms with van der Waals surface area (Å²) in [6, 6.07) is 29.9. The van der Waals surface area contributed by atoms with Gasteiger partial charge >= 0.3 is 36.3 Å². The van der Waals surface area contributed by atoms with Crippen molar-refractivity contribution in [2.45, 2.75) is 131 Å². The van der Waals surface area contributed by atoms with E-state index in [2.05, 4.69) is 16.0 Å². The molecule has 0 bridgehead atoms. The van der Waals surface area contributed by atoms with Crippen LogP contribution in [0.15, 0.2) is 121 Å². The molecule has 4 aromatic rings. The zero-order valence-electron chi connectivity index (χ0n) is 41.3. The van der Waals surface area contributed by atoms with Crippen molar-refractivity contribution >= 4 is 36.3 Å². The molecule has 76 heavy (non-hydrogen) atoms. The monoisotopic (exact) mass is 1050 g/mol. The Balaban J connectivity index is 0.876. The third-order valence-corrected chi connectivity index (χ3v) is 14.2. The van der Waals surface area contributed by atoms with Gasteiger partial charge in [0.05, 0.1) is 35.4 Å². The average molecular weight is 1050 g/mol. The van der Waals surface area contributed by atoms with Crippen molar-refractivity contribution in [3.8, 4) is 0 Å². The molecular formula is C54H57FN4O17. The molecule has 5 saturated heterocycles. The first-order valence-corrected chi connectivity index (χ1v) is 25.1. The van der Waals surface area contributed by atoms with E-state index in [4.69, 9.17) is 52.1 Å². The summed E-state index contributed by atoms with van der Waals surface area (Å²) in [6.07, 6.45) is -17.0. The number of hydrogen-bond donors (Lipinski definition) is 3. The van der Waals surface area contributed by atoms with Crippen LogP contribution in [0.25, 0.3) is 0 Å². The van der Waals surface area contributed by atoms with Gasteiger partial charge < -0.3 is 68.1 Å². The lowest BCUT2D eigenvalue weighted by atomic mass is 9.83. The maximum atomic E-state index is 17.8. The van der Waals surface area contributed by atoms with E-state index >= 15 is 4.39 Å². The van der Waals surface area contributed by atoms with Crippen LogP contribution in [0.3, 0.4) is 0 Å². The van der Waals surface area contributed by atoms with Gasteiger partial charge in [-0.25, -0.2) is 33.2 Å². The number of esters is 2. The molecular weight excluding hydrogens is 996 g/mol. The van der Waals surface area contributed by atoms with Gasteiger partial charge in [0.25, 0.3) is 0 Å². The average Bonchev–Trinajstić information content (AvgIpc) is 3.76. The number of hydrogen-bond acceptors (Lipinski definition) is 17. The van der Waals surface area contributed by atoms with Crippen molar-refractivity contribution < 1.29 is 85.3 Å². The minimum atomic E-state index is -2.23. The lowest BCUT2D eigenvalue weighted by Gasteiger charge is -2.51. The summed E-state index contributed by atoms with van der Waals surface area (Å²) < 4.78 is 84.4. The third kappa shape index (κ3) is 11.8. The van der Waals surface area contributed by atoms with Crippen LogP contribution in [0.5, 0.6) is 0 Å². The predicted octanol–water partition coefficient (Wildman–Crippen LogP) is 5.69. The highest BCUT2D eigenvalue weighted by Gasteiger charge is 2.61. The Morgan fingerprint density at radius 2 is 1.22 bits per heavy atom. The summed E-state index contributed by atoms with van der Waals surface area (Å²) in [5.41, 5.74) is 1.79. The Morgan fingerprint density at radius 3 is 1.83 bits per heavy atom. The Morgan fingerprint density at radius 1 is 0.658 bits per heavy atom. The second-order valence-electron chi connectivity index (χ2n) is 19.4. The van der Waals surface area contributed by atoms with Crippen LogP contribution in [0.4, 0.5) is 23.6 Å². The smallest absolute Gasteiger partial charge is 0.410 e. The summed E-state index contributed by atoms with van der Waals surface area (Å²) in [4.78, 5) is 81.0. The van der Waals surface area contributed by atoms with Crippen LogP contribution in [-0.2, 0) is 65.3 Å². The predicted molar refractivity (Wildman–Crippen MR) is 258 cm³/mol. The number of likely N-dealkylation sites (N-methyl/N-ethyl adjacent to an activating group) is 1. The molecule has 8 unspecified atom stereocenters. The zero-order valence-corrected chi connectivity index (χ0v) is 41.3. The molecule has 0 aromatic heterocycles. The Hall–Kier alpha value is -7.37. The first-order valence-electron chi connectivity index (χ1n) is 25.1. The topological polar surface area (TPSA) is 243 Å². The number of benzene rings is 4. The minimum absolute atomic E-state index is 0.0413. The molecule has 0 radical (unpaired) electrons. The Labute approximate surface area is 435 Å². The number of amides is 4. The molecule has 4 aromatic carbocycles. The summed E-state index contributed by atoms with van der Waals surface area (Å²) in [6.45, 7) is 1.38. The van der Waals surface area contributed by atoms with Crippen molar-refractivity contribution in [3.05, 3.63) is 144 Å². The van der Waals surface area contributed by atoms with Crippen LogP contribution in [0, 0.1) is 5.92 Å². The Kier molecular flexibility index (Phi) is 15.9. The quantitative estimate of drug-likeness (QED) is 0.101. The van der Waals surface area contributed by atoms with Crippen molar-refractivity contribution in [1.82, 2.24) is 20.9 Å². The summed E-state index contributed by atoms with van der Waals surface area (Å²) in [5, 5.41) is 8.09. The maximum Gasteiger partial charge on any atom is 0.410 e. The fourth-order valence-electron chi connectivity index (χ4n) is 10.4. The van der Waals surface area contributed by atoms with Crippen LogP contribution >= 0.6 is 0 Å². The molecule has 16 atom stereocenters. The second kappa shape index (κ2) is 23.3. The summed E-state index contributed by atoms with van der Waals surface area (Å²) in [7, 11) is 1.50. The molecule has 0 spiro atoms. The molecule has 402 valence electrons. The van der Waals surface area contributed by atoms with E-state index in [0.717, 1.165) is 0 Å². The molecule has 21 nitrogen and oxygen atoms in total. The number of nitrogens with zero attached hydrogens (tertiary/aromatic N) is 1. The van der Waals surface area contributed by atoms with Crippen molar-refractivity contribution in [3.63, 3.8) is 0 Å². The van der Waals surface area contributed by atoms with Gasteiger partial charge in [0.2, 0.25) is 0 Å². The van der Waals surface area contributed by atoms with Gasteiger partial charge in [-0.05, 0) is 48.2 Å². The van der Waals surface area contributed by atoms with E-state index in [0.29, 0.717) is 16.7 Å². The van der Waals surface area contributed by atoms with E-state index in [1.54, 1.807) is 104 Å². The van der Waals surface area contributed by atoms with E-state index < -0.39 is 134 Å². The van der Waals surface area contributed by atoms with E-state index in [9.17, 15) is 28.8 Å². The van der Waals surface area contributed by atoms with Gasteiger partial charge in [0, 0.05) is 19.4 Å². The van der Waals surface area contributed by atoms with E-state index in [-0.39, 0.29) is 44.6 Å². The first kappa shape index (κ1) is 52.1. The number of alkyl halides is 1. The normalized spacial score (nSPS) is 32.5. The van der Waals surface area contributed by atoms with E-state index in [1.807, 2.05) is 12.1 Å². The molecule has 5 aliphatic heterocycles. The number of halogens is 1. The number of carbonyl (C=O) groups excluding carboxylic acids is 6. The number of nitrogens with one attached hydrogen (secondary N) is 3. The van der Waals surface area contributed by atoms with Gasteiger partial charge in [-0.2, -0.15) is 0 Å². The number of rotatable bonds is 14. The number of cyclic esters (lactones) is 1. The molecule has 5 heterocycles. The second-order valence-corrected chi connectivity index (χ2v) is 19.4. The first-order chi connectivity index (χ1) is 36.8. The Bertz CT molecular complexity index is 2680. The summed E-state index contributed by atoms with van der Waals surface area (Å²) >= 11 is 0. The standard InChI is InChI=1S/C54H57FN4O17/c1-29-23-37-45(46-42(59(2)54(65)76-46)50(71-37)72-39-25-36(41-38(69-39)28-68-53(64)58-41)70-47(60)32-19-11-5-12-20-32)75-49(29)74-44-35(57-52(63)67-27-31-17-9-4-10-18-31)24-34(56-51(62)66-26-30-15-7-3-8-16-30)43(40(44)55)73-48(61)33-21-13-6-14-22-33/h3-22,29,34-46,49-50H,23-28H2,1-2H3,(H,56,62)(H,57,63)(H,58,64)/t29?,34-,35?,36-,37+,38?,39-,40-,41+,42?,43?,44-,45?,46?,49+,50?/m1/s1. The molecule has 10 rings (SSSR count). The molecule has 6 fully saturated rings. The molecule has 6 aliphatic rings. The largest absolute Gasteiger partial charge is 0.456 e. The zero-order chi connectivity index (χ0) is 52.9. The van der Waals surface area contributed by atoms with Crippen LogP contribution < -0.4 is 16.0 Å². The molecule has 3 N–H and O–H groups in total. The van der Waals surface area contributed by atoms with Crippen molar-refractivity contribution in [2.75, 3.05) is 13.7 Å². The van der Waals surface area contributed by atoms with Crippen molar-refractivity contribution in [2.24, 2.45) is 5.92 Å². The van der Waals surface area contributed by atoms with Gasteiger partial charge in [-0.15, -0.1) is 0 Å². The maximum absolute atomic E-state index is 17.8. The van der Waals surface area contributed by atoms with Gasteiger partial charge in [0.1, 0.15) is 50.3 Å². The molecule has 22 heteroatoms. The van der Waals surface area contributed by atoms with Gasteiger partial charge in [-0.1, -0.05) is 104 Å². The van der Waals surface area contributed by atoms with E-state index in [1.165, 1.54) is 24.1 Å². The number of ether oxygens (including phenoxy) is 11. The highest BCUT2D eigenvalue weighted by molar-refractivity contribution is 5.90. The SMILES string of the molecule is CC1C[C@@H]2OC(O[C@@H]3C[C@@H](OC(=O)c4ccccc4)[C@@H]4NC(=O)OCC4O3)C3C(OC(=O)N3C)C2O[C@@H]1O[C@@H]1C(NC(=O)OCc2ccccc2)C[C@@H](NC(=O)OCc2ccccc2)C(OC(=O)c2ccccc2)[C@H]1F. The number of alkyl carbamates (subject to hydrolysis) is 3. The van der Waals surface area contributed by atoms with Gasteiger partial charge in [-0.3, -0.25) is 4.90 Å². The van der Waals surface area contributed by atoms with Crippen LogP contribution in [0.1, 0.15) is 58.0 Å². The fraction of sp³-hybridized carbons (Fsp3) is 0.444. The fourth-order valence-corrected chi connectivity index (χ4v) is 10.4. The highest BCUT2D eigenvalue weighted by atomic mass is 19.1. The number of fused-ring (bicyclic) bond motifs is 4. The lowest BCUT2D eigenvalue weighted by molar-refractivity contribution is -0.364. The molecule has 1 aliphatic carbocycles. The molecule has 1 saturated carbocycles. The van der Waals surface area contributed by atoms with Gasteiger partial charge in [0.15, 0.2) is 37.2 Å². The third-order valence-electron chi connectivity index (χ3n) is 14.2. The number of carbonyl (C=O) groups is 6. The minimum Gasteiger partial charge on any atom is -0.456 e. The summed E-state index contributed by atoms with van der Waals surface area (Å²) in [5.74, 6) is -2.08. The molecule has 4 amide bonds. The van der Waals surface area contributed by atoms with Crippen LogP contribution in [0.2, 0.25) is 0 Å². The van der Waals surface area contributed by atoms with Crippen molar-refractivity contribution in [1.29, 1.82) is 0 Å².